The molecule has 2 rings (SSSR count). The molecule has 1 heterocycles. The van der Waals surface area contributed by atoms with Crippen LogP contribution in [0.1, 0.15) is 64.9 Å². The van der Waals surface area contributed by atoms with Crippen molar-refractivity contribution in [3.05, 3.63) is 20.9 Å². The summed E-state index contributed by atoms with van der Waals surface area (Å²) in [5, 5.41) is 5.83. The third-order valence-electron chi connectivity index (χ3n) is 4.35. The first-order valence-electron chi connectivity index (χ1n) is 8.28. The highest BCUT2D eigenvalue weighted by Gasteiger charge is 2.30. The lowest BCUT2D eigenvalue weighted by atomic mass is 9.83. The average Bonchev–Trinajstić information content (AvgIpc) is 2.50. The highest BCUT2D eigenvalue weighted by atomic mass is 35.5. The molecular formula is C17H27ClN2O2S. The van der Waals surface area contributed by atoms with Crippen molar-refractivity contribution in [3.8, 4) is 0 Å². The van der Waals surface area contributed by atoms with Crippen LogP contribution in [0.4, 0.5) is 0 Å². The summed E-state index contributed by atoms with van der Waals surface area (Å²) in [6, 6.07) is 0. The molecule has 1 aliphatic rings. The van der Waals surface area contributed by atoms with E-state index in [0.29, 0.717) is 17.0 Å². The first kappa shape index (κ1) is 18.8. The van der Waals surface area contributed by atoms with Crippen LogP contribution in [0.5, 0.6) is 0 Å². The molecule has 0 atom stereocenters. The lowest BCUT2D eigenvalue weighted by Crippen LogP contribution is -2.37. The van der Waals surface area contributed by atoms with Crippen LogP contribution in [-0.2, 0) is 10.3 Å². The van der Waals surface area contributed by atoms with E-state index in [9.17, 15) is 4.79 Å². The van der Waals surface area contributed by atoms with Crippen molar-refractivity contribution in [2.24, 2.45) is 0 Å². The van der Waals surface area contributed by atoms with Crippen LogP contribution in [0.25, 0.3) is 0 Å². The standard InChI is InChI=1S/C17H27ClN2O2S/c1-6-22-12-9-7-11(8-10-12)13-14(18)16(21)20(17(2,3)4)19-15(13)23-5/h11-12H,6-10H2,1-5H3. The summed E-state index contributed by atoms with van der Waals surface area (Å²) >= 11 is 8.07. The minimum atomic E-state index is -0.379. The highest BCUT2D eigenvalue weighted by Crippen LogP contribution is 2.40. The van der Waals surface area contributed by atoms with Crippen LogP contribution in [-0.4, -0.2) is 28.7 Å². The molecule has 1 aliphatic carbocycles. The van der Waals surface area contributed by atoms with Crippen molar-refractivity contribution in [1.82, 2.24) is 9.78 Å². The number of hydrogen-bond donors (Lipinski definition) is 0. The summed E-state index contributed by atoms with van der Waals surface area (Å²) in [5.74, 6) is 0.302. The predicted molar refractivity (Wildman–Crippen MR) is 96.9 cm³/mol. The van der Waals surface area contributed by atoms with E-state index in [4.69, 9.17) is 16.3 Å². The fourth-order valence-electron chi connectivity index (χ4n) is 3.21. The molecule has 0 bridgehead atoms. The zero-order valence-electron chi connectivity index (χ0n) is 14.7. The number of aromatic nitrogens is 2. The molecule has 0 N–H and O–H groups in total. The van der Waals surface area contributed by atoms with Gasteiger partial charge in [0.1, 0.15) is 10.0 Å². The Morgan fingerprint density at radius 3 is 2.39 bits per heavy atom. The van der Waals surface area contributed by atoms with Crippen LogP contribution in [0.2, 0.25) is 5.02 Å². The van der Waals surface area contributed by atoms with Gasteiger partial charge in [-0.05, 0) is 65.6 Å². The molecule has 0 radical (unpaired) electrons. The van der Waals surface area contributed by atoms with Crippen molar-refractivity contribution in [2.45, 2.75) is 76.0 Å². The minimum Gasteiger partial charge on any atom is -0.379 e. The Kier molecular flexibility index (Phi) is 6.20. The first-order valence-corrected chi connectivity index (χ1v) is 9.88. The van der Waals surface area contributed by atoms with E-state index in [1.165, 1.54) is 4.68 Å². The maximum atomic E-state index is 12.6. The third-order valence-corrected chi connectivity index (χ3v) is 5.40. The van der Waals surface area contributed by atoms with E-state index < -0.39 is 0 Å². The van der Waals surface area contributed by atoms with Crippen molar-refractivity contribution in [1.29, 1.82) is 0 Å². The number of nitrogens with zero attached hydrogens (tertiary/aromatic N) is 2. The average molecular weight is 359 g/mol. The molecule has 1 fully saturated rings. The van der Waals surface area contributed by atoms with Gasteiger partial charge in [-0.25, -0.2) is 4.68 Å². The Labute approximate surface area is 147 Å². The van der Waals surface area contributed by atoms with Gasteiger partial charge in [-0.15, -0.1) is 11.8 Å². The van der Waals surface area contributed by atoms with Gasteiger partial charge in [0.25, 0.3) is 5.56 Å². The second-order valence-electron chi connectivity index (χ2n) is 7.05. The molecular weight excluding hydrogens is 332 g/mol. The summed E-state index contributed by atoms with van der Waals surface area (Å²) in [6.45, 7) is 8.69. The quantitative estimate of drug-likeness (QED) is 0.746. The van der Waals surface area contributed by atoms with E-state index in [0.717, 1.165) is 42.9 Å². The summed E-state index contributed by atoms with van der Waals surface area (Å²) in [7, 11) is 0. The Bertz CT molecular complexity index is 602. The molecule has 4 nitrogen and oxygen atoms in total. The fraction of sp³-hybridized carbons (Fsp3) is 0.765. The summed E-state index contributed by atoms with van der Waals surface area (Å²) < 4.78 is 7.23. The number of hydrogen-bond acceptors (Lipinski definition) is 4. The number of thioether (sulfide) groups is 1. The molecule has 1 saturated carbocycles. The summed E-state index contributed by atoms with van der Waals surface area (Å²) in [5.41, 5.74) is 0.384. The van der Waals surface area contributed by atoms with Gasteiger partial charge in [0, 0.05) is 12.2 Å². The molecule has 23 heavy (non-hydrogen) atoms. The van der Waals surface area contributed by atoms with Gasteiger partial charge in [0.2, 0.25) is 0 Å². The van der Waals surface area contributed by atoms with Gasteiger partial charge in [-0.1, -0.05) is 11.6 Å². The number of rotatable bonds is 4. The smallest absolute Gasteiger partial charge is 0.286 e. The second-order valence-corrected chi connectivity index (χ2v) is 8.23. The Morgan fingerprint density at radius 2 is 1.91 bits per heavy atom. The third kappa shape index (κ3) is 4.12. The van der Waals surface area contributed by atoms with Gasteiger partial charge in [0.15, 0.2) is 0 Å². The largest absolute Gasteiger partial charge is 0.379 e. The van der Waals surface area contributed by atoms with E-state index >= 15 is 0 Å². The van der Waals surface area contributed by atoms with Crippen LogP contribution in [0.3, 0.4) is 0 Å². The van der Waals surface area contributed by atoms with Gasteiger partial charge in [-0.2, -0.15) is 5.10 Å². The molecule has 0 aromatic carbocycles. The predicted octanol–water partition coefficient (Wildman–Crippen LogP) is 4.44. The second kappa shape index (κ2) is 7.58. The van der Waals surface area contributed by atoms with E-state index in [1.54, 1.807) is 11.8 Å². The first-order chi connectivity index (χ1) is 10.8. The lowest BCUT2D eigenvalue weighted by Gasteiger charge is -2.30. The molecule has 0 amide bonds. The molecule has 1 aromatic rings. The monoisotopic (exact) mass is 358 g/mol. The van der Waals surface area contributed by atoms with Gasteiger partial charge in [0.05, 0.1) is 11.6 Å². The van der Waals surface area contributed by atoms with E-state index in [1.807, 2.05) is 34.0 Å². The SMILES string of the molecule is CCOC1CCC(c2c(SC)nn(C(C)(C)C)c(=O)c2Cl)CC1. The topological polar surface area (TPSA) is 44.1 Å². The molecule has 0 aliphatic heterocycles. The molecule has 130 valence electrons. The van der Waals surface area contributed by atoms with E-state index in [2.05, 4.69) is 5.10 Å². The molecule has 1 aromatic heterocycles. The van der Waals surface area contributed by atoms with Crippen molar-refractivity contribution < 1.29 is 4.74 Å². The maximum absolute atomic E-state index is 12.6. The van der Waals surface area contributed by atoms with Gasteiger partial charge >= 0.3 is 0 Å². The van der Waals surface area contributed by atoms with Crippen LogP contribution in [0.15, 0.2) is 9.82 Å². The molecule has 0 unspecified atom stereocenters. The van der Waals surface area contributed by atoms with Gasteiger partial charge < -0.3 is 4.74 Å². The maximum Gasteiger partial charge on any atom is 0.286 e. The zero-order valence-corrected chi connectivity index (χ0v) is 16.3. The summed E-state index contributed by atoms with van der Waals surface area (Å²) in [4.78, 5) is 12.6. The Balaban J connectivity index is 2.36. The molecule has 0 spiro atoms. The lowest BCUT2D eigenvalue weighted by molar-refractivity contribution is 0.0325. The Hall–Kier alpha value is -0.520. The Morgan fingerprint density at radius 1 is 1.30 bits per heavy atom. The minimum absolute atomic E-state index is 0.182. The normalized spacial score (nSPS) is 22.3. The van der Waals surface area contributed by atoms with Gasteiger partial charge in [-0.3, -0.25) is 4.79 Å². The number of ether oxygens (including phenoxy) is 1. The van der Waals surface area contributed by atoms with Crippen molar-refractivity contribution >= 4 is 23.4 Å². The molecule has 0 saturated heterocycles. The summed E-state index contributed by atoms with van der Waals surface area (Å²) in [6.07, 6.45) is 6.37. The zero-order chi connectivity index (χ0) is 17.2. The van der Waals surface area contributed by atoms with Crippen LogP contribution in [0, 0.1) is 0 Å². The van der Waals surface area contributed by atoms with Crippen molar-refractivity contribution in [2.75, 3.05) is 12.9 Å². The van der Waals surface area contributed by atoms with Crippen LogP contribution >= 0.6 is 23.4 Å². The number of halogens is 1. The van der Waals surface area contributed by atoms with Crippen LogP contribution < -0.4 is 5.56 Å². The van der Waals surface area contributed by atoms with E-state index in [-0.39, 0.29) is 11.1 Å². The highest BCUT2D eigenvalue weighted by molar-refractivity contribution is 7.98. The molecule has 6 heteroatoms. The fourth-order valence-corrected chi connectivity index (χ4v) is 4.24. The van der Waals surface area contributed by atoms with Crippen molar-refractivity contribution in [3.63, 3.8) is 0 Å².